The molecule has 0 aromatic heterocycles. The Morgan fingerprint density at radius 2 is 1.63 bits per heavy atom. The van der Waals surface area contributed by atoms with E-state index < -0.39 is 11.9 Å². The Morgan fingerprint density at radius 1 is 1.11 bits per heavy atom. The fraction of sp³-hybridized carbons (Fsp3) is 0.429. The van der Waals surface area contributed by atoms with Crippen LogP contribution in [0.1, 0.15) is 47.4 Å². The molecule has 0 aliphatic heterocycles. The first-order valence-corrected chi connectivity index (χ1v) is 7.19. The van der Waals surface area contributed by atoms with Gasteiger partial charge in [0.25, 0.3) is 0 Å². The molecule has 0 spiro atoms. The van der Waals surface area contributed by atoms with Crippen LogP contribution in [0.5, 0.6) is 0 Å². The third-order valence-corrected chi connectivity index (χ3v) is 3.36. The summed E-state index contributed by atoms with van der Waals surface area (Å²) in [7, 11) is 1.31. The summed E-state index contributed by atoms with van der Waals surface area (Å²) < 4.78 is 10.8. The quantitative estimate of drug-likeness (QED) is 0.584. The number of benzene rings is 1. The van der Waals surface area contributed by atoms with Crippen molar-refractivity contribution in [2.24, 2.45) is 0 Å². The predicted octanol–water partition coefficient (Wildman–Crippen LogP) is 3.42. The summed E-state index contributed by atoms with van der Waals surface area (Å²) in [5.41, 5.74) is 0.727. The van der Waals surface area contributed by atoms with E-state index in [1.54, 1.807) is 12.1 Å². The number of hydrogen-bond acceptors (Lipinski definition) is 4. The summed E-state index contributed by atoms with van der Waals surface area (Å²) in [6.45, 7) is 3.94. The Bertz CT molecular complexity index is 467. The highest BCUT2D eigenvalue weighted by Gasteiger charge is 2.16. The number of hydrogen-bond donors (Lipinski definition) is 0. The maximum atomic E-state index is 12.0. The van der Waals surface area contributed by atoms with E-state index in [1.807, 2.05) is 13.8 Å². The van der Waals surface area contributed by atoms with Crippen LogP contribution in [0.4, 0.5) is 0 Å². The molecule has 0 amide bonds. The van der Waals surface area contributed by atoms with Crippen molar-refractivity contribution in [2.75, 3.05) is 7.11 Å². The minimum atomic E-state index is -0.463. The molecule has 104 valence electrons. The molecule has 0 unspecified atom stereocenters. The van der Waals surface area contributed by atoms with Crippen LogP contribution in [-0.4, -0.2) is 25.2 Å². The number of rotatable bonds is 5. The van der Waals surface area contributed by atoms with E-state index in [9.17, 15) is 9.59 Å². The Kier molecular flexibility index (Phi) is 6.27. The topological polar surface area (TPSA) is 52.6 Å². The van der Waals surface area contributed by atoms with Crippen LogP contribution in [0.25, 0.3) is 0 Å². The zero-order valence-electron chi connectivity index (χ0n) is 11.2. The smallest absolute Gasteiger partial charge is 0.338 e. The van der Waals surface area contributed by atoms with E-state index >= 15 is 0 Å². The average molecular weight is 376 g/mol. The normalized spacial score (nSPS) is 10.4. The van der Waals surface area contributed by atoms with Gasteiger partial charge in [-0.3, -0.25) is 0 Å². The number of esters is 2. The van der Waals surface area contributed by atoms with Crippen LogP contribution in [0.2, 0.25) is 0 Å². The molecule has 4 nitrogen and oxygen atoms in total. The molecule has 0 saturated carbocycles. The first kappa shape index (κ1) is 15.9. The van der Waals surface area contributed by atoms with Crippen molar-refractivity contribution in [2.45, 2.75) is 32.8 Å². The fourth-order valence-electron chi connectivity index (χ4n) is 1.62. The number of ether oxygens (including phenoxy) is 2. The monoisotopic (exact) mass is 376 g/mol. The summed E-state index contributed by atoms with van der Waals surface area (Å²) in [6, 6.07) is 4.86. The van der Waals surface area contributed by atoms with Crippen LogP contribution in [0.15, 0.2) is 18.2 Å². The fourth-order valence-corrected chi connectivity index (χ4v) is 2.29. The summed E-state index contributed by atoms with van der Waals surface area (Å²) in [6.07, 6.45) is 1.46. The third-order valence-electron chi connectivity index (χ3n) is 2.74. The molecular formula is C14H17IO4. The summed E-state index contributed by atoms with van der Waals surface area (Å²) in [5, 5.41) is 0. The van der Waals surface area contributed by atoms with Crippen molar-refractivity contribution < 1.29 is 19.1 Å². The molecular weight excluding hydrogens is 359 g/mol. The molecule has 1 rings (SSSR count). The van der Waals surface area contributed by atoms with Crippen LogP contribution < -0.4 is 0 Å². The highest BCUT2D eigenvalue weighted by atomic mass is 127. The lowest BCUT2D eigenvalue weighted by molar-refractivity contribution is 0.0284. The molecule has 1 aromatic carbocycles. The molecule has 0 atom stereocenters. The molecule has 0 bridgehead atoms. The molecule has 0 aliphatic rings. The minimum absolute atomic E-state index is 0.0908. The maximum Gasteiger partial charge on any atom is 0.338 e. The van der Waals surface area contributed by atoms with Gasteiger partial charge < -0.3 is 9.47 Å². The molecule has 19 heavy (non-hydrogen) atoms. The Morgan fingerprint density at radius 3 is 2.11 bits per heavy atom. The summed E-state index contributed by atoms with van der Waals surface area (Å²) in [5.74, 6) is -0.868. The molecule has 1 aromatic rings. The molecule has 5 heteroatoms. The van der Waals surface area contributed by atoms with E-state index in [2.05, 4.69) is 27.3 Å². The SMILES string of the molecule is CCC(CC)OC(=O)c1cc(I)cc(C(=O)OC)c1. The number of methoxy groups -OCH3 is 1. The van der Waals surface area contributed by atoms with Gasteiger partial charge in [-0.15, -0.1) is 0 Å². The Hall–Kier alpha value is -1.11. The highest BCUT2D eigenvalue weighted by Crippen LogP contribution is 2.16. The van der Waals surface area contributed by atoms with Gasteiger partial charge in [-0.2, -0.15) is 0 Å². The van der Waals surface area contributed by atoms with E-state index in [4.69, 9.17) is 4.74 Å². The van der Waals surface area contributed by atoms with Gasteiger partial charge in [0.2, 0.25) is 0 Å². The molecule has 0 N–H and O–H groups in total. The van der Waals surface area contributed by atoms with Crippen LogP contribution >= 0.6 is 22.6 Å². The van der Waals surface area contributed by atoms with Crippen LogP contribution in [0.3, 0.4) is 0 Å². The van der Waals surface area contributed by atoms with Crippen molar-refractivity contribution in [3.05, 3.63) is 32.9 Å². The van der Waals surface area contributed by atoms with Gasteiger partial charge in [-0.25, -0.2) is 9.59 Å². The lowest BCUT2D eigenvalue weighted by Crippen LogP contribution is -2.17. The van der Waals surface area contributed by atoms with Crippen molar-refractivity contribution in [3.8, 4) is 0 Å². The van der Waals surface area contributed by atoms with E-state index in [-0.39, 0.29) is 6.10 Å². The predicted molar refractivity (Wildman–Crippen MR) is 80.3 cm³/mol. The first-order chi connectivity index (χ1) is 9.01. The number of carbonyl (C=O) groups is 2. The Balaban J connectivity index is 2.97. The largest absolute Gasteiger partial charge is 0.465 e. The second-order valence-electron chi connectivity index (χ2n) is 4.06. The van der Waals surface area contributed by atoms with Gasteiger partial charge in [0.1, 0.15) is 6.10 Å². The van der Waals surface area contributed by atoms with Crippen molar-refractivity contribution in [3.63, 3.8) is 0 Å². The molecule has 0 fully saturated rings. The summed E-state index contributed by atoms with van der Waals surface area (Å²) in [4.78, 5) is 23.5. The second kappa shape index (κ2) is 7.47. The first-order valence-electron chi connectivity index (χ1n) is 6.11. The van der Waals surface area contributed by atoms with Gasteiger partial charge >= 0.3 is 11.9 Å². The highest BCUT2D eigenvalue weighted by molar-refractivity contribution is 14.1. The zero-order valence-corrected chi connectivity index (χ0v) is 13.4. The number of carbonyl (C=O) groups excluding carboxylic acids is 2. The van der Waals surface area contributed by atoms with Crippen LogP contribution in [0, 0.1) is 3.57 Å². The molecule has 0 radical (unpaired) electrons. The van der Waals surface area contributed by atoms with Crippen molar-refractivity contribution in [1.82, 2.24) is 0 Å². The molecule has 0 aliphatic carbocycles. The average Bonchev–Trinajstić information content (AvgIpc) is 2.42. The second-order valence-corrected chi connectivity index (χ2v) is 5.31. The van der Waals surface area contributed by atoms with Crippen molar-refractivity contribution >= 4 is 34.5 Å². The van der Waals surface area contributed by atoms with Gasteiger partial charge in [0.05, 0.1) is 18.2 Å². The van der Waals surface area contributed by atoms with E-state index in [0.717, 1.165) is 16.4 Å². The van der Waals surface area contributed by atoms with E-state index in [0.29, 0.717) is 11.1 Å². The Labute approximate surface area is 126 Å². The van der Waals surface area contributed by atoms with Gasteiger partial charge in [0.15, 0.2) is 0 Å². The lowest BCUT2D eigenvalue weighted by atomic mass is 10.1. The summed E-state index contributed by atoms with van der Waals surface area (Å²) >= 11 is 2.05. The molecule has 0 saturated heterocycles. The van der Waals surface area contributed by atoms with E-state index in [1.165, 1.54) is 13.2 Å². The van der Waals surface area contributed by atoms with Gasteiger partial charge in [0, 0.05) is 3.57 Å². The standard InChI is InChI=1S/C14H17IO4/c1-4-12(5-2)19-14(17)10-6-9(13(16)18-3)7-11(15)8-10/h6-8,12H,4-5H2,1-3H3. The zero-order chi connectivity index (χ0) is 14.4. The van der Waals surface area contributed by atoms with Gasteiger partial charge in [-0.1, -0.05) is 13.8 Å². The lowest BCUT2D eigenvalue weighted by Gasteiger charge is -2.14. The number of halogens is 1. The third kappa shape index (κ3) is 4.49. The van der Waals surface area contributed by atoms with Gasteiger partial charge in [-0.05, 0) is 53.6 Å². The van der Waals surface area contributed by atoms with Crippen molar-refractivity contribution in [1.29, 1.82) is 0 Å². The molecule has 0 heterocycles. The minimum Gasteiger partial charge on any atom is -0.465 e. The maximum absolute atomic E-state index is 12.0. The van der Waals surface area contributed by atoms with Crippen LogP contribution in [-0.2, 0) is 9.47 Å².